The van der Waals surface area contributed by atoms with E-state index in [9.17, 15) is 0 Å². The number of halogens is 1. The van der Waals surface area contributed by atoms with Crippen LogP contribution >= 0.6 is 24.0 Å². The maximum absolute atomic E-state index is 5.49. The molecular weight excluding hydrogens is 439 g/mol. The second-order valence-electron chi connectivity index (χ2n) is 6.96. The molecule has 1 aliphatic rings. The second-order valence-corrected chi connectivity index (χ2v) is 6.96. The molecule has 0 aliphatic carbocycles. The number of hydrogen-bond donors (Lipinski definition) is 2. The van der Waals surface area contributed by atoms with Crippen LogP contribution in [0, 0.1) is 5.92 Å². The Morgan fingerprint density at radius 3 is 2.38 bits per heavy atom. The van der Waals surface area contributed by atoms with Gasteiger partial charge in [0, 0.05) is 25.7 Å². The van der Waals surface area contributed by atoms with Crippen LogP contribution in [0.2, 0.25) is 0 Å². The van der Waals surface area contributed by atoms with Crippen molar-refractivity contribution in [2.24, 2.45) is 10.9 Å². The lowest BCUT2D eigenvalue weighted by Crippen LogP contribution is -2.48. The summed E-state index contributed by atoms with van der Waals surface area (Å²) in [5.74, 6) is 1.45. The summed E-state index contributed by atoms with van der Waals surface area (Å²) in [5, 5.41) is 6.90. The molecule has 0 saturated carbocycles. The molecule has 1 saturated heterocycles. The van der Waals surface area contributed by atoms with Gasteiger partial charge >= 0.3 is 0 Å². The smallest absolute Gasteiger partial charge is 0.191 e. The van der Waals surface area contributed by atoms with Gasteiger partial charge in [0.1, 0.15) is 0 Å². The molecule has 2 N–H and O–H groups in total. The fraction of sp³-hybridized carbons (Fsp3) is 0.650. The molecule has 1 aliphatic heterocycles. The van der Waals surface area contributed by atoms with E-state index in [1.807, 2.05) is 6.07 Å². The van der Waals surface area contributed by atoms with Gasteiger partial charge in [0.05, 0.1) is 25.8 Å². The van der Waals surface area contributed by atoms with Gasteiger partial charge in [-0.2, -0.15) is 0 Å². The Kier molecular flexibility index (Phi) is 11.2. The van der Waals surface area contributed by atoms with Gasteiger partial charge in [0.25, 0.3) is 0 Å². The number of hydrogen-bond acceptors (Lipinski definition) is 3. The first-order chi connectivity index (χ1) is 12.1. The van der Waals surface area contributed by atoms with Crippen molar-refractivity contribution in [3.63, 3.8) is 0 Å². The number of nitrogens with zero attached hydrogens (tertiary/aromatic N) is 2. The van der Waals surface area contributed by atoms with Gasteiger partial charge < -0.3 is 15.4 Å². The van der Waals surface area contributed by atoms with Crippen LogP contribution in [-0.4, -0.2) is 56.3 Å². The number of nitrogens with one attached hydrogen (secondary N) is 2. The van der Waals surface area contributed by atoms with Crippen molar-refractivity contribution in [1.82, 2.24) is 15.5 Å². The highest BCUT2D eigenvalue weighted by molar-refractivity contribution is 14.0. The molecule has 148 valence electrons. The fourth-order valence-electron chi connectivity index (χ4n) is 3.19. The Morgan fingerprint density at radius 1 is 1.15 bits per heavy atom. The maximum atomic E-state index is 5.49. The lowest BCUT2D eigenvalue weighted by atomic mass is 10.0. The number of morpholine rings is 1. The third kappa shape index (κ3) is 7.40. The van der Waals surface area contributed by atoms with Crippen LogP contribution < -0.4 is 10.6 Å². The first-order valence-electron chi connectivity index (χ1n) is 9.53. The average Bonchev–Trinajstić information content (AvgIpc) is 2.63. The monoisotopic (exact) mass is 474 g/mol. The summed E-state index contributed by atoms with van der Waals surface area (Å²) in [4.78, 5) is 7.40. The largest absolute Gasteiger partial charge is 0.379 e. The molecule has 2 unspecified atom stereocenters. The summed E-state index contributed by atoms with van der Waals surface area (Å²) in [5.41, 5.74) is 1.27. The van der Waals surface area contributed by atoms with Crippen molar-refractivity contribution in [1.29, 1.82) is 0 Å². The summed E-state index contributed by atoms with van der Waals surface area (Å²) in [6.07, 6.45) is 0. The van der Waals surface area contributed by atoms with E-state index in [2.05, 4.69) is 67.5 Å². The van der Waals surface area contributed by atoms with Crippen molar-refractivity contribution in [2.75, 3.05) is 39.4 Å². The number of rotatable bonds is 7. The molecule has 5 nitrogen and oxygen atoms in total. The quantitative estimate of drug-likeness (QED) is 0.362. The van der Waals surface area contributed by atoms with E-state index in [4.69, 9.17) is 9.73 Å². The van der Waals surface area contributed by atoms with Crippen LogP contribution in [0.1, 0.15) is 39.3 Å². The molecule has 2 atom stereocenters. The van der Waals surface area contributed by atoms with Gasteiger partial charge in [-0.15, -0.1) is 24.0 Å². The highest BCUT2D eigenvalue weighted by Gasteiger charge is 2.23. The third-order valence-electron chi connectivity index (χ3n) is 4.72. The summed E-state index contributed by atoms with van der Waals surface area (Å²) in [7, 11) is 0. The summed E-state index contributed by atoms with van der Waals surface area (Å²) in [6.45, 7) is 14.2. The Morgan fingerprint density at radius 2 is 1.81 bits per heavy atom. The molecule has 0 radical (unpaired) electrons. The summed E-state index contributed by atoms with van der Waals surface area (Å²) < 4.78 is 5.49. The Labute approximate surface area is 176 Å². The first kappa shape index (κ1) is 23.2. The van der Waals surface area contributed by atoms with E-state index in [0.29, 0.717) is 12.0 Å². The molecule has 1 fully saturated rings. The van der Waals surface area contributed by atoms with Gasteiger partial charge in [-0.25, -0.2) is 0 Å². The van der Waals surface area contributed by atoms with Gasteiger partial charge in [0.15, 0.2) is 5.96 Å². The SMILES string of the molecule is CCNC(=NCC(C(C)C)N1CCOCC1)NC(C)c1ccccc1.I. The number of ether oxygens (including phenoxy) is 1. The van der Waals surface area contributed by atoms with E-state index >= 15 is 0 Å². The molecule has 0 aromatic heterocycles. The highest BCUT2D eigenvalue weighted by Crippen LogP contribution is 2.14. The van der Waals surface area contributed by atoms with Crippen molar-refractivity contribution in [3.05, 3.63) is 35.9 Å². The standard InChI is InChI=1S/C20H34N4O.HI/c1-5-21-20(23-17(4)18-9-7-6-8-10-18)22-15-19(16(2)3)24-11-13-25-14-12-24;/h6-10,16-17,19H,5,11-15H2,1-4H3,(H2,21,22,23);1H. The number of aliphatic imine (C=N–C) groups is 1. The minimum Gasteiger partial charge on any atom is -0.379 e. The third-order valence-corrected chi connectivity index (χ3v) is 4.72. The van der Waals surface area contributed by atoms with E-state index in [1.54, 1.807) is 0 Å². The topological polar surface area (TPSA) is 48.9 Å². The molecular formula is C20H35IN4O. The fourth-order valence-corrected chi connectivity index (χ4v) is 3.19. The zero-order valence-corrected chi connectivity index (χ0v) is 18.9. The Balaban J connectivity index is 0.00000338. The second kappa shape index (κ2) is 12.5. The number of benzene rings is 1. The molecule has 26 heavy (non-hydrogen) atoms. The predicted molar refractivity (Wildman–Crippen MR) is 120 cm³/mol. The predicted octanol–water partition coefficient (Wildman–Crippen LogP) is 3.28. The Hall–Kier alpha value is -0.860. The number of guanidine groups is 1. The molecule has 0 bridgehead atoms. The average molecular weight is 474 g/mol. The zero-order chi connectivity index (χ0) is 18.1. The zero-order valence-electron chi connectivity index (χ0n) is 16.6. The molecule has 1 aromatic carbocycles. The Bertz CT molecular complexity index is 518. The maximum Gasteiger partial charge on any atom is 0.191 e. The molecule has 1 heterocycles. The first-order valence-corrected chi connectivity index (χ1v) is 9.53. The van der Waals surface area contributed by atoms with Crippen LogP contribution in [0.4, 0.5) is 0 Å². The molecule has 0 amide bonds. The summed E-state index contributed by atoms with van der Waals surface area (Å²) >= 11 is 0. The minimum absolute atomic E-state index is 0. The molecule has 0 spiro atoms. The molecule has 6 heteroatoms. The van der Waals surface area contributed by atoms with E-state index in [-0.39, 0.29) is 30.0 Å². The van der Waals surface area contributed by atoms with Crippen molar-refractivity contribution < 1.29 is 4.74 Å². The van der Waals surface area contributed by atoms with Gasteiger partial charge in [-0.1, -0.05) is 44.2 Å². The summed E-state index contributed by atoms with van der Waals surface area (Å²) in [6, 6.07) is 11.2. The van der Waals surface area contributed by atoms with Crippen molar-refractivity contribution >= 4 is 29.9 Å². The van der Waals surface area contributed by atoms with E-state index in [0.717, 1.165) is 45.4 Å². The van der Waals surface area contributed by atoms with Crippen LogP contribution in [0.3, 0.4) is 0 Å². The van der Waals surface area contributed by atoms with Gasteiger partial charge in [-0.05, 0) is 25.3 Å². The van der Waals surface area contributed by atoms with E-state index in [1.165, 1.54) is 5.56 Å². The van der Waals surface area contributed by atoms with Crippen LogP contribution in [0.25, 0.3) is 0 Å². The lowest BCUT2D eigenvalue weighted by Gasteiger charge is -2.36. The highest BCUT2D eigenvalue weighted by atomic mass is 127. The van der Waals surface area contributed by atoms with Crippen LogP contribution in [0.15, 0.2) is 35.3 Å². The van der Waals surface area contributed by atoms with Crippen LogP contribution in [-0.2, 0) is 4.74 Å². The molecule has 1 aromatic rings. The minimum atomic E-state index is 0. The van der Waals surface area contributed by atoms with Gasteiger partial charge in [0.2, 0.25) is 0 Å². The van der Waals surface area contributed by atoms with Gasteiger partial charge in [-0.3, -0.25) is 9.89 Å². The van der Waals surface area contributed by atoms with Crippen molar-refractivity contribution in [3.8, 4) is 0 Å². The lowest BCUT2D eigenvalue weighted by molar-refractivity contribution is 0.00867. The normalized spacial score (nSPS) is 18.1. The van der Waals surface area contributed by atoms with Crippen molar-refractivity contribution in [2.45, 2.75) is 39.8 Å². The van der Waals surface area contributed by atoms with E-state index < -0.39 is 0 Å². The molecule has 2 rings (SSSR count). The van der Waals surface area contributed by atoms with Crippen LogP contribution in [0.5, 0.6) is 0 Å².